The number of nitrogens with zero attached hydrogens (tertiary/aromatic N) is 5. The lowest BCUT2D eigenvalue weighted by atomic mass is 10.1. The summed E-state index contributed by atoms with van der Waals surface area (Å²) in [7, 11) is -4.00. The number of sulfonamides is 1. The van der Waals surface area contributed by atoms with Gasteiger partial charge in [-0.1, -0.05) is 60.6 Å². The number of benzene rings is 2. The van der Waals surface area contributed by atoms with Crippen molar-refractivity contribution >= 4 is 21.1 Å². The summed E-state index contributed by atoms with van der Waals surface area (Å²) < 4.78 is 35.4. The number of aryl methyl sites for hydroxylation is 1. The molecule has 0 spiro atoms. The molecule has 1 atom stereocenters. The maximum atomic E-state index is 13.7. The van der Waals surface area contributed by atoms with Crippen molar-refractivity contribution in [3.63, 3.8) is 0 Å². The molecule has 35 heavy (non-hydrogen) atoms. The highest BCUT2D eigenvalue weighted by molar-refractivity contribution is 7.89. The van der Waals surface area contributed by atoms with E-state index in [1.165, 1.54) is 21.0 Å². The van der Waals surface area contributed by atoms with E-state index in [1.807, 2.05) is 43.3 Å². The van der Waals surface area contributed by atoms with E-state index in [9.17, 15) is 18.5 Å². The van der Waals surface area contributed by atoms with Crippen LogP contribution >= 0.6 is 0 Å². The number of fused-ring (bicyclic) bond motifs is 1. The Morgan fingerprint density at radius 2 is 1.77 bits per heavy atom. The number of aromatic nitrogens is 3. The molecule has 0 N–H and O–H groups in total. The largest absolute Gasteiger partial charge is 0.335 e. The quantitative estimate of drug-likeness (QED) is 0.349. The van der Waals surface area contributed by atoms with Crippen LogP contribution in [0.25, 0.3) is 11.1 Å². The molecule has 0 radical (unpaired) electrons. The topological polar surface area (TPSA) is 122 Å². The van der Waals surface area contributed by atoms with E-state index in [-0.39, 0.29) is 46.9 Å². The van der Waals surface area contributed by atoms with Crippen LogP contribution in [0, 0.1) is 18.3 Å². The maximum Gasteiger partial charge on any atom is 0.267 e. The summed E-state index contributed by atoms with van der Waals surface area (Å²) >= 11 is 0. The van der Waals surface area contributed by atoms with Gasteiger partial charge in [-0.05, 0) is 31.0 Å². The summed E-state index contributed by atoms with van der Waals surface area (Å²) in [4.78, 5) is 18.3. The Labute approximate surface area is 203 Å². The van der Waals surface area contributed by atoms with Crippen LogP contribution in [0.2, 0.25) is 0 Å². The highest BCUT2D eigenvalue weighted by Crippen LogP contribution is 2.30. The lowest BCUT2D eigenvalue weighted by molar-refractivity contribution is 0.299. The molecule has 0 fully saturated rings. The minimum atomic E-state index is -4.00. The minimum absolute atomic E-state index is 0.0187. The van der Waals surface area contributed by atoms with E-state index in [2.05, 4.69) is 10.1 Å². The Morgan fingerprint density at radius 3 is 2.40 bits per heavy atom. The molecule has 0 saturated heterocycles. The van der Waals surface area contributed by atoms with Crippen molar-refractivity contribution in [3.8, 4) is 6.07 Å². The molecule has 4 aromatic rings. The van der Waals surface area contributed by atoms with E-state index >= 15 is 0 Å². The zero-order valence-corrected chi connectivity index (χ0v) is 20.3. The SMILES string of the molecule is CCC(c1nc2onc(C)c2c(=O)n1Cc1ccccc1)N(CCC#N)S(=O)(=O)c1ccccc1. The van der Waals surface area contributed by atoms with Crippen LogP contribution in [0.1, 0.15) is 42.9 Å². The Balaban J connectivity index is 1.93. The lowest BCUT2D eigenvalue weighted by Gasteiger charge is -2.30. The van der Waals surface area contributed by atoms with E-state index in [4.69, 9.17) is 4.52 Å². The predicted octanol–water partition coefficient (Wildman–Crippen LogP) is 3.80. The second-order valence-electron chi connectivity index (χ2n) is 8.06. The minimum Gasteiger partial charge on any atom is -0.335 e. The number of hydrogen-bond donors (Lipinski definition) is 0. The average Bonchev–Trinajstić information content (AvgIpc) is 3.25. The van der Waals surface area contributed by atoms with E-state index < -0.39 is 16.1 Å². The summed E-state index contributed by atoms with van der Waals surface area (Å²) in [6.07, 6.45) is 0.298. The molecule has 4 rings (SSSR count). The summed E-state index contributed by atoms with van der Waals surface area (Å²) in [5.74, 6) is 0.238. The third-order valence-corrected chi connectivity index (χ3v) is 7.73. The normalized spacial score (nSPS) is 12.6. The van der Waals surface area contributed by atoms with Crippen molar-refractivity contribution in [3.05, 3.63) is 88.1 Å². The van der Waals surface area contributed by atoms with Crippen LogP contribution in [-0.4, -0.2) is 34.0 Å². The van der Waals surface area contributed by atoms with Gasteiger partial charge in [0, 0.05) is 13.0 Å². The fourth-order valence-electron chi connectivity index (χ4n) is 4.10. The Kier molecular flexibility index (Phi) is 7.10. The smallest absolute Gasteiger partial charge is 0.267 e. The van der Waals surface area contributed by atoms with E-state index in [0.717, 1.165) is 5.56 Å². The van der Waals surface area contributed by atoms with Gasteiger partial charge in [0.05, 0.1) is 29.2 Å². The van der Waals surface area contributed by atoms with Crippen LogP contribution in [0.3, 0.4) is 0 Å². The molecule has 0 aliphatic carbocycles. The van der Waals surface area contributed by atoms with E-state index in [0.29, 0.717) is 12.1 Å². The number of rotatable bonds is 9. The Morgan fingerprint density at radius 1 is 1.11 bits per heavy atom. The molecule has 10 heteroatoms. The predicted molar refractivity (Wildman–Crippen MR) is 130 cm³/mol. The van der Waals surface area contributed by atoms with Gasteiger partial charge in [0.1, 0.15) is 11.2 Å². The average molecular weight is 492 g/mol. The summed E-state index contributed by atoms with van der Waals surface area (Å²) in [6.45, 7) is 3.62. The fourth-order valence-corrected chi connectivity index (χ4v) is 5.79. The van der Waals surface area contributed by atoms with Gasteiger partial charge < -0.3 is 4.52 Å². The third kappa shape index (κ3) is 4.73. The Bertz CT molecular complexity index is 1520. The van der Waals surface area contributed by atoms with Crippen molar-refractivity contribution in [2.75, 3.05) is 6.54 Å². The molecule has 1 unspecified atom stereocenters. The molecule has 0 aliphatic heterocycles. The Hall–Kier alpha value is -3.81. The first-order valence-corrected chi connectivity index (χ1v) is 12.7. The summed E-state index contributed by atoms with van der Waals surface area (Å²) in [5, 5.41) is 13.4. The first kappa shape index (κ1) is 24.3. The van der Waals surface area contributed by atoms with Crippen LogP contribution in [0.4, 0.5) is 0 Å². The second kappa shape index (κ2) is 10.2. The molecule has 180 valence electrons. The zero-order chi connectivity index (χ0) is 25.0. The molecule has 0 aliphatic rings. The van der Waals surface area contributed by atoms with Gasteiger partial charge in [0.15, 0.2) is 0 Å². The first-order chi connectivity index (χ1) is 16.9. The standard InChI is InChI=1S/C25H25N5O4S/c1-3-21(30(16-10-15-26)35(32,33)20-13-8-5-9-14-20)23-27-24-22(18(2)28-34-24)25(31)29(23)17-19-11-6-4-7-12-19/h4-9,11-14,21H,3,10,16-17H2,1-2H3. The second-order valence-corrected chi connectivity index (χ2v) is 9.95. The number of nitriles is 1. The first-order valence-electron chi connectivity index (χ1n) is 11.2. The summed E-state index contributed by atoms with van der Waals surface area (Å²) in [6, 6.07) is 18.6. The highest BCUT2D eigenvalue weighted by Gasteiger charge is 2.35. The molecular formula is C25H25N5O4S. The van der Waals surface area contributed by atoms with Crippen molar-refractivity contribution in [2.24, 2.45) is 0 Å². The molecule has 2 aromatic carbocycles. The van der Waals surface area contributed by atoms with Crippen LogP contribution in [0.5, 0.6) is 0 Å². The summed E-state index contributed by atoms with van der Waals surface area (Å²) in [5.41, 5.74) is 0.971. The lowest BCUT2D eigenvalue weighted by Crippen LogP contribution is -2.39. The molecule has 0 bridgehead atoms. The van der Waals surface area contributed by atoms with Gasteiger partial charge in [0.25, 0.3) is 11.3 Å². The van der Waals surface area contributed by atoms with Crippen LogP contribution in [0.15, 0.2) is 74.9 Å². The molecular weight excluding hydrogens is 466 g/mol. The van der Waals surface area contributed by atoms with Gasteiger partial charge in [0.2, 0.25) is 10.0 Å². The van der Waals surface area contributed by atoms with Crippen molar-refractivity contribution < 1.29 is 12.9 Å². The van der Waals surface area contributed by atoms with Gasteiger partial charge in [-0.25, -0.2) is 8.42 Å². The van der Waals surface area contributed by atoms with Gasteiger partial charge >= 0.3 is 0 Å². The van der Waals surface area contributed by atoms with Gasteiger partial charge in [-0.2, -0.15) is 14.6 Å². The van der Waals surface area contributed by atoms with Gasteiger partial charge in [-0.3, -0.25) is 9.36 Å². The molecule has 0 saturated carbocycles. The molecule has 2 aromatic heterocycles. The number of hydrogen-bond acceptors (Lipinski definition) is 7. The molecule has 0 amide bonds. The van der Waals surface area contributed by atoms with Crippen LogP contribution < -0.4 is 5.56 Å². The third-order valence-electron chi connectivity index (χ3n) is 5.81. The zero-order valence-electron chi connectivity index (χ0n) is 19.5. The monoisotopic (exact) mass is 491 g/mol. The fraction of sp³-hybridized carbons (Fsp3) is 0.280. The van der Waals surface area contributed by atoms with Crippen LogP contribution in [-0.2, 0) is 16.6 Å². The van der Waals surface area contributed by atoms with E-state index in [1.54, 1.807) is 25.1 Å². The highest BCUT2D eigenvalue weighted by atomic mass is 32.2. The van der Waals surface area contributed by atoms with Crippen molar-refractivity contribution in [1.82, 2.24) is 19.0 Å². The van der Waals surface area contributed by atoms with Gasteiger partial charge in [-0.15, -0.1) is 0 Å². The van der Waals surface area contributed by atoms with Crippen molar-refractivity contribution in [2.45, 2.75) is 44.2 Å². The maximum absolute atomic E-state index is 13.7. The molecule has 9 nitrogen and oxygen atoms in total. The molecule has 2 heterocycles. The van der Waals surface area contributed by atoms with Crippen molar-refractivity contribution in [1.29, 1.82) is 5.26 Å².